The Kier molecular flexibility index (Phi) is 6.07. The van der Waals surface area contributed by atoms with Crippen LogP contribution in [0.2, 0.25) is 0 Å². The maximum atomic E-state index is 11.3. The number of aromatic nitrogens is 1. The fraction of sp³-hybridized carbons (Fsp3) is 0.667. The van der Waals surface area contributed by atoms with Crippen molar-refractivity contribution in [1.29, 1.82) is 0 Å². The van der Waals surface area contributed by atoms with Gasteiger partial charge in [-0.05, 0) is 33.7 Å². The summed E-state index contributed by atoms with van der Waals surface area (Å²) in [6, 6.07) is 0. The van der Waals surface area contributed by atoms with Gasteiger partial charge in [0.05, 0.1) is 5.51 Å². The molecule has 0 aliphatic heterocycles. The first kappa shape index (κ1) is 14.9. The molecule has 0 radical (unpaired) electrons. The molecular formula is C12H21N3O2S. The van der Waals surface area contributed by atoms with Crippen molar-refractivity contribution in [2.45, 2.75) is 39.3 Å². The number of carbonyl (C=O) groups excluding carboxylic acids is 1. The third-order valence-corrected chi connectivity index (χ3v) is 2.76. The second-order valence-electron chi connectivity index (χ2n) is 4.93. The quantitative estimate of drug-likeness (QED) is 0.778. The van der Waals surface area contributed by atoms with E-state index in [0.717, 1.165) is 19.5 Å². The van der Waals surface area contributed by atoms with Gasteiger partial charge in [-0.25, -0.2) is 4.79 Å². The first-order chi connectivity index (χ1) is 8.47. The Hall–Kier alpha value is -1.14. The number of alkyl carbamates (subject to hydrolysis) is 1. The Labute approximate surface area is 112 Å². The van der Waals surface area contributed by atoms with Crippen molar-refractivity contribution in [3.05, 3.63) is 16.6 Å². The van der Waals surface area contributed by atoms with E-state index in [2.05, 4.69) is 15.6 Å². The predicted molar refractivity (Wildman–Crippen MR) is 72.7 cm³/mol. The fourth-order valence-corrected chi connectivity index (χ4v) is 1.82. The second kappa shape index (κ2) is 7.33. The van der Waals surface area contributed by atoms with Crippen LogP contribution >= 0.6 is 11.3 Å². The van der Waals surface area contributed by atoms with Gasteiger partial charge in [0.2, 0.25) is 0 Å². The van der Waals surface area contributed by atoms with Gasteiger partial charge in [-0.15, -0.1) is 11.3 Å². The smallest absolute Gasteiger partial charge is 0.407 e. The van der Waals surface area contributed by atoms with E-state index >= 15 is 0 Å². The fourth-order valence-electron chi connectivity index (χ4n) is 1.26. The van der Waals surface area contributed by atoms with Gasteiger partial charge in [0.15, 0.2) is 0 Å². The van der Waals surface area contributed by atoms with Crippen LogP contribution in [0.25, 0.3) is 0 Å². The van der Waals surface area contributed by atoms with E-state index in [-0.39, 0.29) is 6.09 Å². The maximum absolute atomic E-state index is 11.3. The summed E-state index contributed by atoms with van der Waals surface area (Å²) in [5, 5.41) is 6.01. The molecule has 0 bridgehead atoms. The lowest BCUT2D eigenvalue weighted by Crippen LogP contribution is -2.33. The molecule has 0 atom stereocenters. The Bertz CT molecular complexity index is 347. The number of hydrogen-bond acceptors (Lipinski definition) is 5. The normalized spacial score (nSPS) is 11.3. The lowest BCUT2D eigenvalue weighted by Gasteiger charge is -2.19. The number of ether oxygens (including phenoxy) is 1. The van der Waals surface area contributed by atoms with Crippen molar-refractivity contribution in [2.75, 3.05) is 13.1 Å². The van der Waals surface area contributed by atoms with Crippen LogP contribution < -0.4 is 10.6 Å². The van der Waals surface area contributed by atoms with Crippen molar-refractivity contribution in [2.24, 2.45) is 0 Å². The number of thiazole rings is 1. The third-order valence-electron chi connectivity index (χ3n) is 1.98. The van der Waals surface area contributed by atoms with E-state index in [0.29, 0.717) is 6.54 Å². The van der Waals surface area contributed by atoms with E-state index in [1.807, 2.05) is 32.5 Å². The highest BCUT2D eigenvalue weighted by Crippen LogP contribution is 2.06. The number of nitrogens with zero attached hydrogens (tertiary/aromatic N) is 1. The van der Waals surface area contributed by atoms with Crippen molar-refractivity contribution >= 4 is 17.4 Å². The summed E-state index contributed by atoms with van der Waals surface area (Å²) in [4.78, 5) is 16.5. The standard InChI is InChI=1S/C12H21N3O2S/c1-12(2,3)17-11(16)15-6-4-5-13-7-10-8-14-9-18-10/h8-9,13H,4-7H2,1-3H3,(H,15,16). The summed E-state index contributed by atoms with van der Waals surface area (Å²) < 4.78 is 5.13. The van der Waals surface area contributed by atoms with Crippen LogP contribution in [0, 0.1) is 0 Å². The molecule has 5 nitrogen and oxygen atoms in total. The number of amides is 1. The van der Waals surface area contributed by atoms with Gasteiger partial charge in [0.1, 0.15) is 5.60 Å². The van der Waals surface area contributed by atoms with Crippen LogP contribution in [-0.2, 0) is 11.3 Å². The van der Waals surface area contributed by atoms with Gasteiger partial charge in [0.25, 0.3) is 0 Å². The number of rotatable bonds is 6. The summed E-state index contributed by atoms with van der Waals surface area (Å²) in [6.07, 6.45) is 2.37. The first-order valence-electron chi connectivity index (χ1n) is 6.02. The van der Waals surface area contributed by atoms with Crippen LogP contribution in [0.4, 0.5) is 4.79 Å². The highest BCUT2D eigenvalue weighted by Gasteiger charge is 2.15. The lowest BCUT2D eigenvalue weighted by molar-refractivity contribution is 0.0527. The van der Waals surface area contributed by atoms with E-state index in [9.17, 15) is 4.79 Å². The largest absolute Gasteiger partial charge is 0.444 e. The van der Waals surface area contributed by atoms with Crippen molar-refractivity contribution < 1.29 is 9.53 Å². The summed E-state index contributed by atoms with van der Waals surface area (Å²) in [7, 11) is 0. The molecule has 1 amide bonds. The van der Waals surface area contributed by atoms with Gasteiger partial charge in [-0.2, -0.15) is 0 Å². The molecule has 1 aromatic heterocycles. The first-order valence-corrected chi connectivity index (χ1v) is 6.90. The minimum atomic E-state index is -0.436. The molecule has 102 valence electrons. The predicted octanol–water partition coefficient (Wildman–Crippen LogP) is 2.15. The van der Waals surface area contributed by atoms with Crippen LogP contribution in [0.1, 0.15) is 32.1 Å². The van der Waals surface area contributed by atoms with Crippen molar-refractivity contribution in [3.63, 3.8) is 0 Å². The van der Waals surface area contributed by atoms with E-state index in [4.69, 9.17) is 4.74 Å². The van der Waals surface area contributed by atoms with E-state index < -0.39 is 5.60 Å². The third kappa shape index (κ3) is 7.24. The average Bonchev–Trinajstić information content (AvgIpc) is 2.73. The number of nitrogens with one attached hydrogen (secondary N) is 2. The Morgan fingerprint density at radius 3 is 2.83 bits per heavy atom. The van der Waals surface area contributed by atoms with Crippen LogP contribution in [0.3, 0.4) is 0 Å². The minimum Gasteiger partial charge on any atom is -0.444 e. The minimum absolute atomic E-state index is 0.357. The molecule has 0 saturated carbocycles. The SMILES string of the molecule is CC(C)(C)OC(=O)NCCCNCc1cncs1. The molecule has 1 aromatic rings. The average molecular weight is 271 g/mol. The van der Waals surface area contributed by atoms with Crippen molar-refractivity contribution in [1.82, 2.24) is 15.6 Å². The Morgan fingerprint density at radius 2 is 2.22 bits per heavy atom. The van der Waals surface area contributed by atoms with Crippen LogP contribution in [0.15, 0.2) is 11.7 Å². The molecule has 0 fully saturated rings. The molecule has 2 N–H and O–H groups in total. The number of hydrogen-bond donors (Lipinski definition) is 2. The molecule has 0 unspecified atom stereocenters. The zero-order valence-corrected chi connectivity index (χ0v) is 12.0. The molecule has 1 rings (SSSR count). The summed E-state index contributed by atoms with van der Waals surface area (Å²) in [6.45, 7) is 7.85. The molecule has 18 heavy (non-hydrogen) atoms. The summed E-state index contributed by atoms with van der Waals surface area (Å²) in [5.74, 6) is 0. The molecule has 0 spiro atoms. The Balaban J connectivity index is 1.97. The van der Waals surface area contributed by atoms with Crippen molar-refractivity contribution in [3.8, 4) is 0 Å². The van der Waals surface area contributed by atoms with E-state index in [1.165, 1.54) is 4.88 Å². The molecular weight excluding hydrogens is 250 g/mol. The zero-order chi connectivity index (χ0) is 13.4. The molecule has 6 heteroatoms. The summed E-state index contributed by atoms with van der Waals surface area (Å²) >= 11 is 1.63. The molecule has 0 aliphatic carbocycles. The van der Waals surface area contributed by atoms with Gasteiger partial charge in [-0.3, -0.25) is 4.98 Å². The second-order valence-corrected chi connectivity index (χ2v) is 5.90. The highest BCUT2D eigenvalue weighted by atomic mass is 32.1. The zero-order valence-electron chi connectivity index (χ0n) is 11.2. The maximum Gasteiger partial charge on any atom is 0.407 e. The molecule has 1 heterocycles. The molecule has 0 saturated heterocycles. The highest BCUT2D eigenvalue weighted by molar-refractivity contribution is 7.09. The topological polar surface area (TPSA) is 63.2 Å². The molecule has 0 aliphatic rings. The monoisotopic (exact) mass is 271 g/mol. The van der Waals surface area contributed by atoms with Crippen LogP contribution in [-0.4, -0.2) is 29.8 Å². The van der Waals surface area contributed by atoms with Gasteiger partial charge in [-0.1, -0.05) is 0 Å². The molecule has 0 aromatic carbocycles. The summed E-state index contributed by atoms with van der Waals surface area (Å²) in [5.41, 5.74) is 1.38. The number of carbonyl (C=O) groups is 1. The lowest BCUT2D eigenvalue weighted by atomic mass is 10.2. The van der Waals surface area contributed by atoms with E-state index in [1.54, 1.807) is 11.3 Å². The Morgan fingerprint density at radius 1 is 1.44 bits per heavy atom. The van der Waals surface area contributed by atoms with Crippen LogP contribution in [0.5, 0.6) is 0 Å². The van der Waals surface area contributed by atoms with Gasteiger partial charge in [0, 0.05) is 24.2 Å². The van der Waals surface area contributed by atoms with Gasteiger partial charge >= 0.3 is 6.09 Å². The van der Waals surface area contributed by atoms with Gasteiger partial charge < -0.3 is 15.4 Å².